The Kier molecular flexibility index (Phi) is 51.4. The Morgan fingerprint density at radius 3 is 1.09 bits per heavy atom. The van der Waals surface area contributed by atoms with Crippen molar-refractivity contribution in [2.24, 2.45) is 0 Å². The summed E-state index contributed by atoms with van der Waals surface area (Å²) < 4.78 is 16.8. The molecule has 0 fully saturated rings. The van der Waals surface area contributed by atoms with Gasteiger partial charge in [-0.15, -0.1) is 0 Å². The van der Waals surface area contributed by atoms with Crippen LogP contribution in [0.2, 0.25) is 0 Å². The van der Waals surface area contributed by atoms with Crippen LogP contribution in [0.4, 0.5) is 0 Å². The lowest BCUT2D eigenvalue weighted by molar-refractivity contribution is -0.167. The van der Waals surface area contributed by atoms with E-state index in [1.807, 2.05) is 48.6 Å². The van der Waals surface area contributed by atoms with E-state index in [0.717, 1.165) is 83.5 Å². The van der Waals surface area contributed by atoms with Gasteiger partial charge >= 0.3 is 17.9 Å². The molecule has 0 aliphatic carbocycles. The van der Waals surface area contributed by atoms with E-state index in [4.69, 9.17) is 14.2 Å². The summed E-state index contributed by atoms with van der Waals surface area (Å²) in [6.07, 6.45) is 69.9. The molecular weight excluding hydrogens is 817 g/mol. The van der Waals surface area contributed by atoms with Crippen LogP contribution in [-0.4, -0.2) is 37.2 Å². The number of allylic oxidation sites excluding steroid dienone is 14. The Labute approximate surface area is 407 Å². The number of ether oxygens (including phenoxy) is 3. The molecule has 0 bridgehead atoms. The average Bonchev–Trinajstić information content (AvgIpc) is 3.31. The second-order valence-corrected chi connectivity index (χ2v) is 18.2. The lowest BCUT2D eigenvalue weighted by Crippen LogP contribution is -2.30. The first-order valence-electron chi connectivity index (χ1n) is 27.7. The van der Waals surface area contributed by atoms with Gasteiger partial charge in [-0.2, -0.15) is 0 Å². The second kappa shape index (κ2) is 54.2. The summed E-state index contributed by atoms with van der Waals surface area (Å²) in [5.74, 6) is -0.937. The first-order chi connectivity index (χ1) is 32.5. The minimum atomic E-state index is -0.796. The number of hydrogen-bond donors (Lipinski definition) is 0. The minimum absolute atomic E-state index is 0.0932. The third kappa shape index (κ3) is 51.6. The van der Waals surface area contributed by atoms with Crippen LogP contribution < -0.4 is 0 Å². The first-order valence-corrected chi connectivity index (χ1v) is 27.7. The number of rotatable bonds is 49. The average molecular weight is 919 g/mol. The van der Waals surface area contributed by atoms with Crippen LogP contribution in [0.3, 0.4) is 0 Å². The molecule has 6 heteroatoms. The molecule has 6 nitrogen and oxygen atoms in total. The summed E-state index contributed by atoms with van der Waals surface area (Å²) in [6.45, 7) is 6.44. The van der Waals surface area contributed by atoms with E-state index >= 15 is 0 Å². The Bertz CT molecular complexity index is 1290. The molecule has 0 aliphatic heterocycles. The quantitative estimate of drug-likeness (QED) is 0.0199. The van der Waals surface area contributed by atoms with E-state index in [9.17, 15) is 14.4 Å². The highest BCUT2D eigenvalue weighted by Gasteiger charge is 2.19. The maximum atomic E-state index is 12.8. The molecular formula is C60H102O6. The normalized spacial score (nSPS) is 12.7. The zero-order chi connectivity index (χ0) is 47.9. The zero-order valence-corrected chi connectivity index (χ0v) is 43.2. The molecule has 0 saturated heterocycles. The summed E-state index contributed by atoms with van der Waals surface area (Å²) in [4.78, 5) is 38.1. The van der Waals surface area contributed by atoms with E-state index in [0.29, 0.717) is 19.3 Å². The van der Waals surface area contributed by atoms with Crippen LogP contribution in [0.1, 0.15) is 258 Å². The Hall–Kier alpha value is -3.41. The maximum absolute atomic E-state index is 12.8. The predicted molar refractivity (Wildman–Crippen MR) is 284 cm³/mol. The van der Waals surface area contributed by atoms with Crippen molar-refractivity contribution < 1.29 is 28.6 Å². The van der Waals surface area contributed by atoms with Crippen molar-refractivity contribution in [1.29, 1.82) is 0 Å². The van der Waals surface area contributed by atoms with Gasteiger partial charge in [0.1, 0.15) is 13.2 Å². The molecule has 0 aromatic rings. The summed E-state index contributed by atoms with van der Waals surface area (Å²) in [7, 11) is 0. The molecule has 0 heterocycles. The van der Waals surface area contributed by atoms with Crippen molar-refractivity contribution >= 4 is 17.9 Å². The van der Waals surface area contributed by atoms with Crippen molar-refractivity contribution in [1.82, 2.24) is 0 Å². The third-order valence-corrected chi connectivity index (χ3v) is 11.8. The van der Waals surface area contributed by atoms with Gasteiger partial charge in [0.2, 0.25) is 0 Å². The molecule has 0 aliphatic rings. The van der Waals surface area contributed by atoms with Gasteiger partial charge in [0, 0.05) is 19.3 Å². The van der Waals surface area contributed by atoms with Crippen LogP contribution in [0.15, 0.2) is 85.1 Å². The van der Waals surface area contributed by atoms with Crippen LogP contribution in [0.25, 0.3) is 0 Å². The molecule has 0 N–H and O–H groups in total. The van der Waals surface area contributed by atoms with Crippen molar-refractivity contribution in [3.63, 3.8) is 0 Å². The number of esters is 3. The molecule has 0 rings (SSSR count). The number of carbonyl (C=O) groups is 3. The highest BCUT2D eigenvalue weighted by atomic mass is 16.6. The van der Waals surface area contributed by atoms with Gasteiger partial charge in [0.25, 0.3) is 0 Å². The Morgan fingerprint density at radius 2 is 0.652 bits per heavy atom. The summed E-state index contributed by atoms with van der Waals surface area (Å²) >= 11 is 0. The fourth-order valence-electron chi connectivity index (χ4n) is 7.61. The molecule has 378 valence electrons. The van der Waals surface area contributed by atoms with Gasteiger partial charge in [0.15, 0.2) is 6.10 Å². The zero-order valence-electron chi connectivity index (χ0n) is 43.2. The van der Waals surface area contributed by atoms with E-state index in [2.05, 4.69) is 57.2 Å². The van der Waals surface area contributed by atoms with Crippen molar-refractivity contribution in [2.45, 2.75) is 264 Å². The number of unbranched alkanes of at least 4 members (excludes halogenated alkanes) is 28. The highest BCUT2D eigenvalue weighted by molar-refractivity contribution is 5.71. The van der Waals surface area contributed by atoms with E-state index in [-0.39, 0.29) is 31.1 Å². The molecule has 0 aromatic heterocycles. The fraction of sp³-hybridized carbons (Fsp3) is 0.717. The molecule has 66 heavy (non-hydrogen) atoms. The van der Waals surface area contributed by atoms with Crippen LogP contribution >= 0.6 is 0 Å². The van der Waals surface area contributed by atoms with Gasteiger partial charge in [-0.1, -0.05) is 254 Å². The van der Waals surface area contributed by atoms with Crippen LogP contribution in [0, 0.1) is 0 Å². The van der Waals surface area contributed by atoms with Crippen LogP contribution in [0.5, 0.6) is 0 Å². The molecule has 1 atom stereocenters. The molecule has 0 aromatic carbocycles. The Balaban J connectivity index is 4.45. The van der Waals surface area contributed by atoms with Crippen molar-refractivity contribution in [3.05, 3.63) is 85.1 Å². The van der Waals surface area contributed by atoms with Gasteiger partial charge in [0.05, 0.1) is 0 Å². The third-order valence-electron chi connectivity index (χ3n) is 11.8. The van der Waals surface area contributed by atoms with Crippen molar-refractivity contribution in [3.8, 4) is 0 Å². The van der Waals surface area contributed by atoms with E-state index in [1.54, 1.807) is 0 Å². The molecule has 0 spiro atoms. The molecule has 0 radical (unpaired) electrons. The summed E-state index contributed by atoms with van der Waals surface area (Å²) in [5, 5.41) is 0. The van der Waals surface area contributed by atoms with Gasteiger partial charge in [-0.05, 0) is 70.6 Å². The lowest BCUT2D eigenvalue weighted by atomic mass is 10.0. The highest BCUT2D eigenvalue weighted by Crippen LogP contribution is 2.16. The smallest absolute Gasteiger partial charge is 0.306 e. The largest absolute Gasteiger partial charge is 0.462 e. The molecule has 0 amide bonds. The standard InChI is InChI=1S/C60H102O6/c1-4-7-10-13-16-19-22-25-28-30-33-35-38-41-44-47-50-53-59(62)65-56-57(55-64-58(61)52-49-46-43-40-37-34-31-27-24-21-18-15-12-9-6-3)66-60(63)54-51-48-45-42-39-36-32-29-26-23-20-17-14-11-8-5-2/h9,12,15-16,18-19,21,24-25,27-28,31,34,37,57H,4-8,10-11,13-14,17,20,22-23,26,29-30,32-33,35-36,38-56H2,1-3H3/b12-9-,18-15-,19-16-,24-21-,28-25-,31-27-,37-34-. The lowest BCUT2D eigenvalue weighted by Gasteiger charge is -2.18. The number of carbonyl (C=O) groups excluding carboxylic acids is 3. The SMILES string of the molecule is CC\C=C/C=C\C=C/C=C\C=C/CCCCCC(=O)OCC(COC(=O)CCCCCCCCC/C=C\C/C=C\CCCCC)OC(=O)CCCCCCCCCCCCCCCCCC. The predicted octanol–water partition coefficient (Wildman–Crippen LogP) is 18.4. The van der Waals surface area contributed by atoms with Gasteiger partial charge in [-0.3, -0.25) is 14.4 Å². The van der Waals surface area contributed by atoms with E-state index < -0.39 is 6.10 Å². The number of hydrogen-bond acceptors (Lipinski definition) is 6. The van der Waals surface area contributed by atoms with E-state index in [1.165, 1.54) is 135 Å². The molecule has 1 unspecified atom stereocenters. The second-order valence-electron chi connectivity index (χ2n) is 18.2. The monoisotopic (exact) mass is 919 g/mol. The summed E-state index contributed by atoms with van der Waals surface area (Å²) in [5.41, 5.74) is 0. The molecule has 0 saturated carbocycles. The fourth-order valence-corrected chi connectivity index (χ4v) is 7.61. The summed E-state index contributed by atoms with van der Waals surface area (Å²) in [6, 6.07) is 0. The first kappa shape index (κ1) is 62.6. The van der Waals surface area contributed by atoms with Crippen molar-refractivity contribution in [2.75, 3.05) is 13.2 Å². The maximum Gasteiger partial charge on any atom is 0.306 e. The minimum Gasteiger partial charge on any atom is -0.462 e. The Morgan fingerprint density at radius 1 is 0.333 bits per heavy atom. The topological polar surface area (TPSA) is 78.9 Å². The van der Waals surface area contributed by atoms with Crippen LogP contribution in [-0.2, 0) is 28.6 Å². The van der Waals surface area contributed by atoms with Gasteiger partial charge in [-0.25, -0.2) is 0 Å². The van der Waals surface area contributed by atoms with Gasteiger partial charge < -0.3 is 14.2 Å².